The van der Waals surface area contributed by atoms with E-state index in [1.807, 2.05) is 0 Å². The van der Waals surface area contributed by atoms with Gasteiger partial charge in [0.1, 0.15) is 11.5 Å². The van der Waals surface area contributed by atoms with Crippen LogP contribution >= 0.6 is 0 Å². The summed E-state index contributed by atoms with van der Waals surface area (Å²) in [4.78, 5) is 19.0. The second-order valence-corrected chi connectivity index (χ2v) is 4.36. The molecular weight excluding hydrogens is 247 g/mol. The number of nitrogens with one attached hydrogen (secondary N) is 1. The molecule has 3 N–H and O–H groups in total. The fraction of sp³-hybridized carbons (Fsp3) is 0.0769. The van der Waals surface area contributed by atoms with Crippen molar-refractivity contribution in [1.29, 1.82) is 0 Å². The van der Waals surface area contributed by atoms with E-state index in [2.05, 4.69) is 9.97 Å². The molecule has 0 aliphatic rings. The van der Waals surface area contributed by atoms with Gasteiger partial charge in [0, 0.05) is 36.1 Å². The standard InChI is InChI=1S/C13H11FN4O/c1-18-6-8(15)3-10(13(18)19)11-5-17-12-9(11)2-7(14)4-16-12/h2-6H,15H2,1H3,(H,16,17). The van der Waals surface area contributed by atoms with Crippen LogP contribution in [0.2, 0.25) is 0 Å². The number of fused-ring (bicyclic) bond motifs is 1. The minimum atomic E-state index is -0.450. The van der Waals surface area contributed by atoms with Crippen molar-refractivity contribution in [2.45, 2.75) is 0 Å². The van der Waals surface area contributed by atoms with Crippen LogP contribution in [0.1, 0.15) is 0 Å². The molecule has 0 saturated heterocycles. The highest BCUT2D eigenvalue weighted by molar-refractivity contribution is 5.93. The van der Waals surface area contributed by atoms with E-state index in [1.54, 1.807) is 25.5 Å². The van der Waals surface area contributed by atoms with Gasteiger partial charge in [-0.1, -0.05) is 0 Å². The first-order chi connectivity index (χ1) is 9.06. The average molecular weight is 258 g/mol. The lowest BCUT2D eigenvalue weighted by molar-refractivity contribution is 0.624. The van der Waals surface area contributed by atoms with Crippen molar-refractivity contribution < 1.29 is 4.39 Å². The van der Waals surface area contributed by atoms with Gasteiger partial charge < -0.3 is 15.3 Å². The number of H-pyrrole nitrogens is 1. The molecule has 0 radical (unpaired) electrons. The SMILES string of the molecule is Cn1cc(N)cc(-c2c[nH]c3ncc(F)cc23)c1=O. The molecule has 0 aliphatic carbocycles. The normalized spacial score (nSPS) is 11.1. The average Bonchev–Trinajstić information content (AvgIpc) is 2.76. The summed E-state index contributed by atoms with van der Waals surface area (Å²) in [6.45, 7) is 0. The Morgan fingerprint density at radius 2 is 2.16 bits per heavy atom. The van der Waals surface area contributed by atoms with Crippen molar-refractivity contribution in [3.8, 4) is 11.1 Å². The van der Waals surface area contributed by atoms with Crippen LogP contribution in [0.5, 0.6) is 0 Å². The van der Waals surface area contributed by atoms with Crippen LogP contribution in [0.4, 0.5) is 10.1 Å². The molecule has 0 fully saturated rings. The second-order valence-electron chi connectivity index (χ2n) is 4.36. The maximum atomic E-state index is 13.3. The van der Waals surface area contributed by atoms with Gasteiger partial charge in [-0.25, -0.2) is 9.37 Å². The number of halogens is 1. The Labute approximate surface area is 107 Å². The number of hydrogen-bond donors (Lipinski definition) is 2. The van der Waals surface area contributed by atoms with E-state index < -0.39 is 5.82 Å². The molecule has 0 bridgehead atoms. The van der Waals surface area contributed by atoms with Crippen LogP contribution < -0.4 is 11.3 Å². The van der Waals surface area contributed by atoms with Crippen molar-refractivity contribution in [1.82, 2.24) is 14.5 Å². The lowest BCUT2D eigenvalue weighted by atomic mass is 10.1. The Balaban J connectivity index is 2.36. The number of aromatic nitrogens is 3. The highest BCUT2D eigenvalue weighted by Crippen LogP contribution is 2.26. The number of nitrogens with zero attached hydrogens (tertiary/aromatic N) is 2. The molecule has 0 atom stereocenters. The van der Waals surface area contributed by atoms with Gasteiger partial charge in [-0.05, 0) is 12.1 Å². The molecule has 6 heteroatoms. The molecule has 19 heavy (non-hydrogen) atoms. The molecule has 0 unspecified atom stereocenters. The number of aryl methyl sites for hydroxylation is 1. The summed E-state index contributed by atoms with van der Waals surface area (Å²) in [5.41, 5.74) is 7.56. The zero-order chi connectivity index (χ0) is 13.6. The van der Waals surface area contributed by atoms with Crippen LogP contribution in [-0.4, -0.2) is 14.5 Å². The van der Waals surface area contributed by atoms with Crippen molar-refractivity contribution in [3.63, 3.8) is 0 Å². The zero-order valence-corrected chi connectivity index (χ0v) is 10.1. The van der Waals surface area contributed by atoms with Gasteiger partial charge in [-0.15, -0.1) is 0 Å². The summed E-state index contributed by atoms with van der Waals surface area (Å²) in [5.74, 6) is -0.450. The number of aromatic amines is 1. The van der Waals surface area contributed by atoms with E-state index in [9.17, 15) is 9.18 Å². The summed E-state index contributed by atoms with van der Waals surface area (Å²) >= 11 is 0. The maximum absolute atomic E-state index is 13.3. The van der Waals surface area contributed by atoms with Crippen LogP contribution in [-0.2, 0) is 7.05 Å². The van der Waals surface area contributed by atoms with E-state index in [4.69, 9.17) is 5.73 Å². The summed E-state index contributed by atoms with van der Waals surface area (Å²) < 4.78 is 14.7. The second kappa shape index (κ2) is 3.94. The lowest BCUT2D eigenvalue weighted by Gasteiger charge is -2.04. The molecule has 0 aliphatic heterocycles. The Bertz CT molecular complexity index is 834. The lowest BCUT2D eigenvalue weighted by Crippen LogP contribution is -2.18. The van der Waals surface area contributed by atoms with Crippen LogP contribution in [0, 0.1) is 5.82 Å². The number of pyridine rings is 2. The van der Waals surface area contributed by atoms with Gasteiger partial charge >= 0.3 is 0 Å². The Kier molecular flexibility index (Phi) is 2.38. The van der Waals surface area contributed by atoms with E-state index in [0.717, 1.165) is 6.20 Å². The number of nitrogen functional groups attached to an aromatic ring is 1. The molecule has 0 saturated carbocycles. The van der Waals surface area contributed by atoms with Gasteiger partial charge in [0.05, 0.1) is 11.8 Å². The van der Waals surface area contributed by atoms with Gasteiger partial charge in [0.25, 0.3) is 5.56 Å². The predicted octanol–water partition coefficient (Wildman–Crippen LogP) is 1.65. The summed E-state index contributed by atoms with van der Waals surface area (Å²) in [6, 6.07) is 2.92. The Morgan fingerprint density at radius 3 is 2.95 bits per heavy atom. The monoisotopic (exact) mass is 258 g/mol. The number of hydrogen-bond acceptors (Lipinski definition) is 3. The highest BCUT2D eigenvalue weighted by Gasteiger charge is 2.12. The van der Waals surface area contributed by atoms with Gasteiger partial charge in [-0.2, -0.15) is 0 Å². The quantitative estimate of drug-likeness (QED) is 0.696. The van der Waals surface area contributed by atoms with Crippen molar-refractivity contribution in [2.24, 2.45) is 7.05 Å². The predicted molar refractivity (Wildman–Crippen MR) is 71.1 cm³/mol. The van der Waals surface area contributed by atoms with E-state index in [-0.39, 0.29) is 5.56 Å². The third-order valence-electron chi connectivity index (χ3n) is 2.99. The number of nitrogens with two attached hydrogens (primary N) is 1. The number of rotatable bonds is 1. The molecule has 5 nitrogen and oxygen atoms in total. The first kappa shape index (κ1) is 11.5. The summed E-state index contributed by atoms with van der Waals surface area (Å²) in [5, 5.41) is 0.558. The molecule has 3 rings (SSSR count). The van der Waals surface area contributed by atoms with Crippen LogP contribution in [0.15, 0.2) is 35.5 Å². The van der Waals surface area contributed by atoms with Crippen molar-refractivity contribution >= 4 is 16.7 Å². The van der Waals surface area contributed by atoms with E-state index >= 15 is 0 Å². The Hall–Kier alpha value is -2.63. The van der Waals surface area contributed by atoms with Crippen molar-refractivity contribution in [3.05, 3.63) is 46.9 Å². The first-order valence-corrected chi connectivity index (χ1v) is 5.65. The minimum absolute atomic E-state index is 0.195. The topological polar surface area (TPSA) is 76.7 Å². The first-order valence-electron chi connectivity index (χ1n) is 5.65. The fourth-order valence-corrected chi connectivity index (χ4v) is 2.13. The fourth-order valence-electron chi connectivity index (χ4n) is 2.13. The molecule has 3 heterocycles. The van der Waals surface area contributed by atoms with E-state index in [0.29, 0.717) is 27.8 Å². The Morgan fingerprint density at radius 1 is 1.37 bits per heavy atom. The minimum Gasteiger partial charge on any atom is -0.398 e. The highest BCUT2D eigenvalue weighted by atomic mass is 19.1. The van der Waals surface area contributed by atoms with Crippen LogP contribution in [0.3, 0.4) is 0 Å². The molecule has 0 aromatic carbocycles. The zero-order valence-electron chi connectivity index (χ0n) is 10.1. The largest absolute Gasteiger partial charge is 0.398 e. The third kappa shape index (κ3) is 1.77. The molecular formula is C13H11FN4O. The van der Waals surface area contributed by atoms with Gasteiger partial charge in [0.15, 0.2) is 0 Å². The molecule has 96 valence electrons. The summed E-state index contributed by atoms with van der Waals surface area (Å²) in [6.07, 6.45) is 4.30. The van der Waals surface area contributed by atoms with Gasteiger partial charge in [0.2, 0.25) is 0 Å². The smallest absolute Gasteiger partial charge is 0.258 e. The van der Waals surface area contributed by atoms with E-state index in [1.165, 1.54) is 10.6 Å². The van der Waals surface area contributed by atoms with Gasteiger partial charge in [-0.3, -0.25) is 4.79 Å². The maximum Gasteiger partial charge on any atom is 0.258 e. The van der Waals surface area contributed by atoms with Crippen LogP contribution in [0.25, 0.3) is 22.2 Å². The molecule has 0 amide bonds. The molecule has 0 spiro atoms. The number of anilines is 1. The van der Waals surface area contributed by atoms with Crippen molar-refractivity contribution in [2.75, 3.05) is 5.73 Å². The summed E-state index contributed by atoms with van der Waals surface area (Å²) in [7, 11) is 1.62. The third-order valence-corrected chi connectivity index (χ3v) is 2.99. The molecule has 3 aromatic rings. The molecule has 3 aromatic heterocycles.